The molecule has 6 heteroatoms. The lowest BCUT2D eigenvalue weighted by atomic mass is 10.0. The highest BCUT2D eigenvalue weighted by Crippen LogP contribution is 2.36. The monoisotopic (exact) mass is 350 g/mol. The van der Waals surface area contributed by atoms with Crippen molar-refractivity contribution in [3.8, 4) is 5.75 Å². The van der Waals surface area contributed by atoms with Gasteiger partial charge in [-0.2, -0.15) is 0 Å². The van der Waals surface area contributed by atoms with Crippen molar-refractivity contribution in [3.05, 3.63) is 28.6 Å². The molecule has 0 unspecified atom stereocenters. The molecule has 0 saturated heterocycles. The fourth-order valence-electron chi connectivity index (χ4n) is 2.54. The molecule has 1 heterocycles. The molecular formula is C18H22O5S. The van der Waals surface area contributed by atoms with Crippen molar-refractivity contribution < 1.29 is 24.2 Å². The van der Waals surface area contributed by atoms with E-state index >= 15 is 0 Å². The van der Waals surface area contributed by atoms with Crippen molar-refractivity contribution in [2.45, 2.75) is 32.8 Å². The molecule has 0 saturated carbocycles. The molecule has 0 aliphatic heterocycles. The molecule has 130 valence electrons. The largest absolute Gasteiger partial charge is 0.496 e. The Morgan fingerprint density at radius 1 is 1.25 bits per heavy atom. The summed E-state index contributed by atoms with van der Waals surface area (Å²) >= 11 is 1.36. The number of benzene rings is 1. The van der Waals surface area contributed by atoms with Crippen molar-refractivity contribution in [1.82, 2.24) is 0 Å². The molecule has 1 aromatic heterocycles. The number of Topliss-reactive ketones (excluding diaryl/α,β-unsaturated/α-hetero) is 1. The molecule has 1 N–H and O–H groups in total. The van der Waals surface area contributed by atoms with Crippen LogP contribution in [0.2, 0.25) is 0 Å². The quantitative estimate of drug-likeness (QED) is 0.608. The van der Waals surface area contributed by atoms with Gasteiger partial charge in [0.1, 0.15) is 5.75 Å². The highest BCUT2D eigenvalue weighted by molar-refractivity contribution is 7.20. The summed E-state index contributed by atoms with van der Waals surface area (Å²) < 4.78 is 10.9. The van der Waals surface area contributed by atoms with Crippen molar-refractivity contribution in [2.24, 2.45) is 5.92 Å². The minimum Gasteiger partial charge on any atom is -0.496 e. The van der Waals surface area contributed by atoms with Crippen LogP contribution in [0.1, 0.15) is 48.0 Å². The number of esters is 1. The normalized spacial score (nSPS) is 13.5. The Labute approximate surface area is 145 Å². The molecule has 1 aromatic carbocycles. The molecule has 2 aromatic rings. The summed E-state index contributed by atoms with van der Waals surface area (Å²) in [6, 6.07) is 5.51. The Hall–Kier alpha value is -1.92. The Bertz CT molecular complexity index is 749. The predicted octanol–water partition coefficient (Wildman–Crippen LogP) is 3.74. The first kappa shape index (κ1) is 18.4. The third-order valence-corrected chi connectivity index (χ3v) is 5.12. The number of carbonyl (C=O) groups excluding carboxylic acids is 2. The van der Waals surface area contributed by atoms with Crippen molar-refractivity contribution in [1.29, 1.82) is 0 Å². The summed E-state index contributed by atoms with van der Waals surface area (Å²) in [5, 5.41) is 11.0. The molecule has 0 amide bonds. The van der Waals surface area contributed by atoms with Gasteiger partial charge in [-0.3, -0.25) is 9.59 Å². The average Bonchev–Trinajstić information content (AvgIpc) is 3.01. The van der Waals surface area contributed by atoms with Crippen LogP contribution in [-0.4, -0.2) is 31.1 Å². The molecule has 24 heavy (non-hydrogen) atoms. The van der Waals surface area contributed by atoms with Crippen LogP contribution in [0.4, 0.5) is 0 Å². The number of methoxy groups -OCH3 is 2. The average molecular weight is 350 g/mol. The molecule has 0 radical (unpaired) electrons. The maximum absolute atomic E-state index is 12.4. The summed E-state index contributed by atoms with van der Waals surface area (Å²) in [7, 11) is 2.88. The number of aliphatic hydroxyl groups is 1. The molecule has 0 spiro atoms. The first-order valence-corrected chi connectivity index (χ1v) is 8.63. The van der Waals surface area contributed by atoms with Crippen LogP contribution in [0.5, 0.6) is 5.75 Å². The number of hydrogen-bond acceptors (Lipinski definition) is 6. The number of fused-ring (bicyclic) bond motifs is 1. The summed E-state index contributed by atoms with van der Waals surface area (Å²) in [6.07, 6.45) is 0.0814. The lowest BCUT2D eigenvalue weighted by Crippen LogP contribution is -2.16. The fourth-order valence-corrected chi connectivity index (χ4v) is 3.57. The van der Waals surface area contributed by atoms with E-state index in [1.807, 2.05) is 19.1 Å². The zero-order valence-electron chi connectivity index (χ0n) is 14.3. The second-order valence-electron chi connectivity index (χ2n) is 5.72. The van der Waals surface area contributed by atoms with Gasteiger partial charge in [0.25, 0.3) is 0 Å². The van der Waals surface area contributed by atoms with Gasteiger partial charge in [-0.15, -0.1) is 11.3 Å². The highest BCUT2D eigenvalue weighted by Gasteiger charge is 2.21. The smallest absolute Gasteiger partial charge is 0.308 e. The van der Waals surface area contributed by atoms with Crippen molar-refractivity contribution >= 4 is 33.2 Å². The molecule has 5 nitrogen and oxygen atoms in total. The van der Waals surface area contributed by atoms with E-state index in [1.165, 1.54) is 18.4 Å². The second-order valence-corrected chi connectivity index (χ2v) is 6.80. The van der Waals surface area contributed by atoms with E-state index in [9.17, 15) is 14.7 Å². The third-order valence-electron chi connectivity index (χ3n) is 3.98. The molecule has 0 bridgehead atoms. The number of hydrogen-bond donors (Lipinski definition) is 1. The number of ether oxygens (including phenoxy) is 2. The summed E-state index contributed by atoms with van der Waals surface area (Å²) in [5.74, 6) is -0.342. The standard InChI is InChI=1S/C18H22O5S/c1-5-13(19)12-7-11-8-17(24-16(11)9-15(12)22-3)14(20)6-10(2)18(21)23-4/h7-10,13,19H,5-6H2,1-4H3/t10-,13-/m0/s1. The molecular weight excluding hydrogens is 328 g/mol. The van der Waals surface area contributed by atoms with Crippen LogP contribution in [-0.2, 0) is 9.53 Å². The number of rotatable bonds is 7. The second kappa shape index (κ2) is 7.77. The van der Waals surface area contributed by atoms with E-state index in [-0.39, 0.29) is 18.2 Å². The van der Waals surface area contributed by atoms with E-state index in [1.54, 1.807) is 20.1 Å². The minimum atomic E-state index is -0.609. The van der Waals surface area contributed by atoms with Gasteiger partial charge in [-0.05, 0) is 30.0 Å². The lowest BCUT2D eigenvalue weighted by Gasteiger charge is -2.13. The number of ketones is 1. The van der Waals surface area contributed by atoms with Crippen molar-refractivity contribution in [3.63, 3.8) is 0 Å². The van der Waals surface area contributed by atoms with Gasteiger partial charge in [0.05, 0.1) is 31.1 Å². The Balaban J connectivity index is 2.34. The van der Waals surface area contributed by atoms with Crippen LogP contribution < -0.4 is 4.74 Å². The van der Waals surface area contributed by atoms with Gasteiger partial charge >= 0.3 is 5.97 Å². The first-order valence-electron chi connectivity index (χ1n) is 7.81. The van der Waals surface area contributed by atoms with Crippen LogP contribution in [0.15, 0.2) is 18.2 Å². The van der Waals surface area contributed by atoms with Gasteiger partial charge in [0.15, 0.2) is 5.78 Å². The van der Waals surface area contributed by atoms with E-state index in [0.717, 1.165) is 10.1 Å². The molecule has 2 atom stereocenters. The van der Waals surface area contributed by atoms with Crippen molar-refractivity contribution in [2.75, 3.05) is 14.2 Å². The Morgan fingerprint density at radius 2 is 1.96 bits per heavy atom. The zero-order valence-corrected chi connectivity index (χ0v) is 15.1. The molecule has 0 aliphatic carbocycles. The third kappa shape index (κ3) is 3.76. The van der Waals surface area contributed by atoms with Gasteiger partial charge in [0.2, 0.25) is 0 Å². The van der Waals surface area contributed by atoms with Gasteiger partial charge < -0.3 is 14.6 Å². The topological polar surface area (TPSA) is 72.8 Å². The maximum Gasteiger partial charge on any atom is 0.308 e. The van der Waals surface area contributed by atoms with Gasteiger partial charge in [0, 0.05) is 16.7 Å². The lowest BCUT2D eigenvalue weighted by molar-refractivity contribution is -0.144. The van der Waals surface area contributed by atoms with Crippen LogP contribution >= 0.6 is 11.3 Å². The first-order chi connectivity index (χ1) is 11.4. The molecule has 2 rings (SSSR count). The van der Waals surface area contributed by atoms with Gasteiger partial charge in [-0.1, -0.05) is 13.8 Å². The Morgan fingerprint density at radius 3 is 2.54 bits per heavy atom. The SMILES string of the molecule is CC[C@H](O)c1cc2cc(C(=O)C[C@H](C)C(=O)OC)sc2cc1OC. The molecule has 0 aliphatic rings. The van der Waals surface area contributed by atoms with E-state index < -0.39 is 12.0 Å². The number of aliphatic hydroxyl groups excluding tert-OH is 1. The van der Waals surface area contributed by atoms with E-state index in [4.69, 9.17) is 4.74 Å². The van der Waals surface area contributed by atoms with Crippen LogP contribution in [0, 0.1) is 5.92 Å². The summed E-state index contributed by atoms with van der Waals surface area (Å²) in [5.41, 5.74) is 0.715. The zero-order chi connectivity index (χ0) is 17.9. The fraction of sp³-hybridized carbons (Fsp3) is 0.444. The highest BCUT2D eigenvalue weighted by atomic mass is 32.1. The van der Waals surface area contributed by atoms with Crippen LogP contribution in [0.25, 0.3) is 10.1 Å². The minimum absolute atomic E-state index is 0.0920. The number of carbonyl (C=O) groups is 2. The van der Waals surface area contributed by atoms with E-state index in [2.05, 4.69) is 4.74 Å². The summed E-state index contributed by atoms with van der Waals surface area (Å²) in [6.45, 7) is 3.57. The van der Waals surface area contributed by atoms with Gasteiger partial charge in [-0.25, -0.2) is 0 Å². The summed E-state index contributed by atoms with van der Waals surface area (Å²) in [4.78, 5) is 24.5. The predicted molar refractivity (Wildman–Crippen MR) is 93.8 cm³/mol. The number of thiophene rings is 1. The maximum atomic E-state index is 12.4. The molecule has 0 fully saturated rings. The Kier molecular flexibility index (Phi) is 5.96. The van der Waals surface area contributed by atoms with E-state index in [0.29, 0.717) is 22.6 Å². The van der Waals surface area contributed by atoms with Crippen LogP contribution in [0.3, 0.4) is 0 Å².